The minimum Gasteiger partial charge on any atom is -0.397 e. The lowest BCUT2D eigenvalue weighted by atomic mass is 9.84. The van der Waals surface area contributed by atoms with Crippen LogP contribution in [0.5, 0.6) is 0 Å². The van der Waals surface area contributed by atoms with Gasteiger partial charge in [-0.15, -0.1) is 11.3 Å². The van der Waals surface area contributed by atoms with E-state index in [1.54, 1.807) is 0 Å². The van der Waals surface area contributed by atoms with Crippen LogP contribution in [-0.4, -0.2) is 11.9 Å². The van der Waals surface area contributed by atoms with E-state index in [0.717, 1.165) is 28.8 Å². The van der Waals surface area contributed by atoms with Crippen molar-refractivity contribution in [3.63, 3.8) is 0 Å². The van der Waals surface area contributed by atoms with E-state index in [9.17, 15) is 4.79 Å². The van der Waals surface area contributed by atoms with E-state index in [-0.39, 0.29) is 5.91 Å². The first-order chi connectivity index (χ1) is 10.2. The van der Waals surface area contributed by atoms with Gasteiger partial charge in [-0.2, -0.15) is 0 Å². The van der Waals surface area contributed by atoms with E-state index in [1.807, 2.05) is 24.3 Å². The molecule has 1 heterocycles. The minimum atomic E-state index is -0.00421. The monoisotopic (exact) mass is 302 g/mol. The third kappa shape index (κ3) is 2.91. The van der Waals surface area contributed by atoms with Crippen molar-refractivity contribution >= 4 is 33.0 Å². The third-order valence-corrected chi connectivity index (χ3v) is 5.72. The zero-order valence-corrected chi connectivity index (χ0v) is 13.2. The number of fused-ring (bicyclic) bond motifs is 1. The zero-order chi connectivity index (χ0) is 14.8. The molecule has 1 aromatic carbocycles. The molecule has 2 atom stereocenters. The molecule has 1 aliphatic carbocycles. The Bertz CT molecular complexity index is 649. The molecule has 1 aliphatic rings. The number of rotatable bonds is 3. The van der Waals surface area contributed by atoms with Gasteiger partial charge < -0.3 is 11.1 Å². The molecule has 0 spiro atoms. The van der Waals surface area contributed by atoms with Crippen LogP contribution >= 0.6 is 11.3 Å². The molecule has 3 rings (SSSR count). The number of anilines is 1. The van der Waals surface area contributed by atoms with Crippen LogP contribution in [0.1, 0.15) is 48.7 Å². The van der Waals surface area contributed by atoms with Crippen LogP contribution in [0.4, 0.5) is 5.69 Å². The van der Waals surface area contributed by atoms with Gasteiger partial charge in [0.15, 0.2) is 0 Å². The number of nitrogens with two attached hydrogens (primary N) is 1. The molecule has 1 amide bonds. The van der Waals surface area contributed by atoms with Gasteiger partial charge in [0.05, 0.1) is 5.69 Å². The fourth-order valence-corrected chi connectivity index (χ4v) is 4.30. The molecular formula is C17H22N2OS. The summed E-state index contributed by atoms with van der Waals surface area (Å²) < 4.78 is 1.08. The van der Waals surface area contributed by atoms with Crippen LogP contribution in [0.25, 0.3) is 10.1 Å². The Morgan fingerprint density at radius 1 is 1.38 bits per heavy atom. The second-order valence-corrected chi connectivity index (χ2v) is 7.00. The maximum absolute atomic E-state index is 12.5. The molecule has 1 aromatic heterocycles. The molecule has 4 heteroatoms. The molecule has 3 nitrogen and oxygen atoms in total. The maximum Gasteiger partial charge on any atom is 0.263 e. The molecule has 2 aromatic rings. The Hall–Kier alpha value is -1.55. The predicted molar refractivity (Wildman–Crippen MR) is 89.7 cm³/mol. The lowest BCUT2D eigenvalue weighted by Gasteiger charge is -2.29. The van der Waals surface area contributed by atoms with E-state index < -0.39 is 0 Å². The molecule has 2 unspecified atom stereocenters. The summed E-state index contributed by atoms with van der Waals surface area (Å²) in [5.74, 6) is 0.749. The number of nitrogens with one attached hydrogen (secondary N) is 1. The van der Waals surface area contributed by atoms with Gasteiger partial charge in [-0.1, -0.05) is 44.4 Å². The van der Waals surface area contributed by atoms with Crippen LogP contribution in [0, 0.1) is 5.92 Å². The third-order valence-electron chi connectivity index (χ3n) is 4.54. The summed E-state index contributed by atoms with van der Waals surface area (Å²) in [6.45, 7) is 2.23. The van der Waals surface area contributed by atoms with Gasteiger partial charge in [0.2, 0.25) is 0 Å². The number of hydrogen-bond donors (Lipinski definition) is 2. The van der Waals surface area contributed by atoms with Crippen LogP contribution < -0.4 is 11.1 Å². The minimum absolute atomic E-state index is 0.00421. The smallest absolute Gasteiger partial charge is 0.263 e. The normalized spacial score (nSPS) is 22.3. The van der Waals surface area contributed by atoms with Crippen LogP contribution in [0.2, 0.25) is 0 Å². The second kappa shape index (κ2) is 6.06. The summed E-state index contributed by atoms with van der Waals surface area (Å²) in [6.07, 6.45) is 5.91. The van der Waals surface area contributed by atoms with Crippen LogP contribution in [0.15, 0.2) is 24.3 Å². The van der Waals surface area contributed by atoms with Crippen molar-refractivity contribution in [2.75, 3.05) is 5.73 Å². The first-order valence-corrected chi connectivity index (χ1v) is 8.58. The molecule has 0 bridgehead atoms. The van der Waals surface area contributed by atoms with Crippen LogP contribution in [0.3, 0.4) is 0 Å². The van der Waals surface area contributed by atoms with Gasteiger partial charge >= 0.3 is 0 Å². The summed E-state index contributed by atoms with van der Waals surface area (Å²) >= 11 is 1.49. The first-order valence-electron chi connectivity index (χ1n) is 7.77. The number of amides is 1. The highest BCUT2D eigenvalue weighted by Crippen LogP contribution is 2.34. The van der Waals surface area contributed by atoms with E-state index >= 15 is 0 Å². The van der Waals surface area contributed by atoms with Crippen LogP contribution in [-0.2, 0) is 0 Å². The Balaban J connectivity index is 1.76. The number of benzene rings is 1. The molecule has 3 N–H and O–H groups in total. The average molecular weight is 302 g/mol. The number of nitrogen functional groups attached to an aromatic ring is 1. The first kappa shape index (κ1) is 14.4. The highest BCUT2D eigenvalue weighted by Gasteiger charge is 2.24. The Morgan fingerprint density at radius 3 is 2.95 bits per heavy atom. The summed E-state index contributed by atoms with van der Waals surface area (Å²) in [7, 11) is 0. The summed E-state index contributed by atoms with van der Waals surface area (Å²) in [5, 5.41) is 4.18. The molecule has 21 heavy (non-hydrogen) atoms. The topological polar surface area (TPSA) is 55.1 Å². The highest BCUT2D eigenvalue weighted by atomic mass is 32.1. The number of thiophene rings is 1. The Labute approximate surface area is 129 Å². The zero-order valence-electron chi connectivity index (χ0n) is 12.4. The van der Waals surface area contributed by atoms with Crippen molar-refractivity contribution in [2.24, 2.45) is 5.92 Å². The molecule has 1 fully saturated rings. The fraction of sp³-hybridized carbons (Fsp3) is 0.471. The van der Waals surface area contributed by atoms with E-state index in [1.165, 1.54) is 30.6 Å². The fourth-order valence-electron chi connectivity index (χ4n) is 3.28. The standard InChI is InChI=1S/C17H22N2OS/c1-2-11-6-5-7-12(10-11)19-17(20)16-15(18)13-8-3-4-9-14(13)21-16/h3-4,8-9,11-12H,2,5-7,10,18H2,1H3,(H,19,20). The van der Waals surface area contributed by atoms with Crippen molar-refractivity contribution in [2.45, 2.75) is 45.1 Å². The molecule has 0 aliphatic heterocycles. The maximum atomic E-state index is 12.5. The van der Waals surface area contributed by atoms with Crippen molar-refractivity contribution in [3.05, 3.63) is 29.1 Å². The van der Waals surface area contributed by atoms with Gasteiger partial charge in [0.1, 0.15) is 4.88 Å². The lowest BCUT2D eigenvalue weighted by Crippen LogP contribution is -2.38. The summed E-state index contributed by atoms with van der Waals surface area (Å²) in [5.41, 5.74) is 6.77. The molecule has 0 saturated heterocycles. The number of hydrogen-bond acceptors (Lipinski definition) is 3. The van der Waals surface area contributed by atoms with Crippen molar-refractivity contribution in [1.29, 1.82) is 0 Å². The highest BCUT2D eigenvalue weighted by molar-refractivity contribution is 7.21. The molecular weight excluding hydrogens is 280 g/mol. The lowest BCUT2D eigenvalue weighted by molar-refractivity contribution is 0.0924. The van der Waals surface area contributed by atoms with Gasteiger partial charge in [-0.3, -0.25) is 4.79 Å². The molecule has 1 saturated carbocycles. The average Bonchev–Trinajstić information content (AvgIpc) is 2.85. The molecule has 112 valence electrons. The number of carbonyl (C=O) groups is 1. The second-order valence-electron chi connectivity index (χ2n) is 5.95. The van der Waals surface area contributed by atoms with E-state index in [4.69, 9.17) is 5.73 Å². The van der Waals surface area contributed by atoms with Crippen molar-refractivity contribution < 1.29 is 4.79 Å². The van der Waals surface area contributed by atoms with Crippen molar-refractivity contribution in [1.82, 2.24) is 5.32 Å². The summed E-state index contributed by atoms with van der Waals surface area (Å²) in [4.78, 5) is 13.2. The van der Waals surface area contributed by atoms with Gasteiger partial charge in [0.25, 0.3) is 5.91 Å². The Kier molecular flexibility index (Phi) is 4.15. The van der Waals surface area contributed by atoms with Gasteiger partial charge in [0, 0.05) is 16.1 Å². The Morgan fingerprint density at radius 2 is 2.19 bits per heavy atom. The number of carbonyl (C=O) groups excluding carboxylic acids is 1. The van der Waals surface area contributed by atoms with E-state index in [0.29, 0.717) is 16.6 Å². The summed E-state index contributed by atoms with van der Waals surface area (Å²) in [6, 6.07) is 8.24. The van der Waals surface area contributed by atoms with E-state index in [2.05, 4.69) is 12.2 Å². The molecule has 0 radical (unpaired) electrons. The van der Waals surface area contributed by atoms with Crippen molar-refractivity contribution in [3.8, 4) is 0 Å². The van der Waals surface area contributed by atoms with Gasteiger partial charge in [-0.05, 0) is 24.8 Å². The predicted octanol–water partition coefficient (Wildman–Crippen LogP) is 4.18. The largest absolute Gasteiger partial charge is 0.397 e. The van der Waals surface area contributed by atoms with Gasteiger partial charge in [-0.25, -0.2) is 0 Å². The SMILES string of the molecule is CCC1CCCC(NC(=O)c2sc3ccccc3c2N)C1. The quantitative estimate of drug-likeness (QED) is 0.893.